The fourth-order valence-electron chi connectivity index (χ4n) is 2.12. The van der Waals surface area contributed by atoms with Crippen LogP contribution in [0.1, 0.15) is 5.69 Å². The Bertz CT molecular complexity index is 935. The highest BCUT2D eigenvalue weighted by Crippen LogP contribution is 2.28. The maximum atomic E-state index is 12.3. The predicted molar refractivity (Wildman–Crippen MR) is 94.5 cm³/mol. The lowest BCUT2D eigenvalue weighted by atomic mass is 10.2. The van der Waals surface area contributed by atoms with Crippen molar-refractivity contribution in [2.75, 3.05) is 11.9 Å². The summed E-state index contributed by atoms with van der Waals surface area (Å²) >= 11 is 3.01. The Morgan fingerprint density at radius 3 is 2.54 bits per heavy atom. The van der Waals surface area contributed by atoms with Crippen LogP contribution in [0.15, 0.2) is 22.7 Å². The Kier molecular flexibility index (Phi) is 6.56. The van der Waals surface area contributed by atoms with Crippen LogP contribution >= 0.6 is 15.9 Å². The number of nitro benzene ring substituents is 1. The Balaban J connectivity index is 2.20. The van der Waals surface area contributed by atoms with Gasteiger partial charge in [0.15, 0.2) is 0 Å². The minimum atomic E-state index is -2.78. The molecule has 1 amide bonds. The van der Waals surface area contributed by atoms with Crippen molar-refractivity contribution in [3.05, 3.63) is 48.6 Å². The monoisotopic (exact) mass is 463 g/mol. The van der Waals surface area contributed by atoms with Gasteiger partial charge < -0.3 is 20.2 Å². The second kappa shape index (κ2) is 8.69. The Morgan fingerprint density at radius 2 is 2.00 bits per heavy atom. The molecule has 0 spiro atoms. The Morgan fingerprint density at radius 1 is 1.32 bits per heavy atom. The molecule has 11 nitrogen and oxygen atoms in total. The molecule has 1 heterocycles. The molecule has 0 aliphatic rings. The van der Waals surface area contributed by atoms with Gasteiger partial charge in [0.2, 0.25) is 5.91 Å². The third-order valence-corrected chi connectivity index (χ3v) is 4.27. The zero-order chi connectivity index (χ0) is 21.0. The number of hydrogen-bond acceptors (Lipinski definition) is 7. The van der Waals surface area contributed by atoms with Crippen LogP contribution in [0.3, 0.4) is 0 Å². The minimum absolute atomic E-state index is 0.0677. The highest BCUT2D eigenvalue weighted by Gasteiger charge is 2.24. The fourth-order valence-corrected chi connectivity index (χ4v) is 2.55. The summed E-state index contributed by atoms with van der Waals surface area (Å²) in [6.07, 6.45) is -2.78. The third-order valence-electron chi connectivity index (χ3n) is 3.34. The Hall–Kier alpha value is -3.16. The van der Waals surface area contributed by atoms with Crippen molar-refractivity contribution in [2.24, 2.45) is 0 Å². The zero-order valence-corrected chi connectivity index (χ0v) is 15.7. The van der Waals surface area contributed by atoms with Crippen LogP contribution in [0, 0.1) is 27.2 Å². The predicted octanol–water partition coefficient (Wildman–Crippen LogP) is 3.05. The highest BCUT2D eigenvalue weighted by molar-refractivity contribution is 9.10. The van der Waals surface area contributed by atoms with E-state index in [0.717, 1.165) is 22.9 Å². The number of aromatic nitrogens is 2. The molecule has 0 aliphatic heterocycles. The molecule has 28 heavy (non-hydrogen) atoms. The first-order chi connectivity index (χ1) is 13.1. The van der Waals surface area contributed by atoms with Crippen molar-refractivity contribution in [3.8, 4) is 5.75 Å². The number of nitro groups is 2. The lowest BCUT2D eigenvalue weighted by molar-refractivity contribution is -0.390. The molecule has 150 valence electrons. The van der Waals surface area contributed by atoms with Crippen LogP contribution in [0.5, 0.6) is 5.75 Å². The van der Waals surface area contributed by atoms with E-state index in [9.17, 15) is 33.8 Å². The molecule has 0 aliphatic carbocycles. The summed E-state index contributed by atoms with van der Waals surface area (Å²) in [6, 6.07) is 3.10. The fraction of sp³-hybridized carbons (Fsp3) is 0.286. The number of alkyl halides is 2. The number of carbonyl (C=O) groups excluding carboxylic acids is 1. The van der Waals surface area contributed by atoms with E-state index in [2.05, 4.69) is 26.3 Å². The minimum Gasteiger partial charge on any atom is -0.487 e. The van der Waals surface area contributed by atoms with Gasteiger partial charge in [-0.2, -0.15) is 4.68 Å². The standard InChI is InChI=1S/C14H12BrF2N5O6/c1-7-13(15)14(22(26)27)19-20(7)5-12(23)18-8-2-9(21(24)25)4-10(3-8)28-6-11(16)17/h2-4,11H,5-6H2,1H3,(H,18,23). The summed E-state index contributed by atoms with van der Waals surface area (Å²) < 4.78 is 30.5. The summed E-state index contributed by atoms with van der Waals surface area (Å²) in [7, 11) is 0. The van der Waals surface area contributed by atoms with E-state index in [1.807, 2.05) is 0 Å². The number of benzene rings is 1. The molecule has 0 saturated heterocycles. The SMILES string of the molecule is Cc1c(Br)c([N+](=O)[O-])nn1CC(=O)Nc1cc(OCC(F)F)cc([N+](=O)[O-])c1. The maximum absolute atomic E-state index is 12.3. The first-order valence-electron chi connectivity index (χ1n) is 7.46. The number of amides is 1. The van der Waals surface area contributed by atoms with Crippen LogP contribution in [-0.4, -0.2) is 38.6 Å². The van der Waals surface area contributed by atoms with Crippen LogP contribution in [0.4, 0.5) is 26.0 Å². The number of non-ortho nitro benzene ring substituents is 1. The molecule has 2 rings (SSSR count). The number of hydrogen-bond donors (Lipinski definition) is 1. The molecule has 0 bridgehead atoms. The molecule has 1 aromatic carbocycles. The van der Waals surface area contributed by atoms with Gasteiger partial charge in [-0.3, -0.25) is 14.9 Å². The number of ether oxygens (including phenoxy) is 1. The topological polar surface area (TPSA) is 142 Å². The van der Waals surface area contributed by atoms with Crippen molar-refractivity contribution in [1.29, 1.82) is 0 Å². The molecule has 0 unspecified atom stereocenters. The van der Waals surface area contributed by atoms with Crippen LogP contribution < -0.4 is 10.1 Å². The van der Waals surface area contributed by atoms with Gasteiger partial charge in [0, 0.05) is 12.1 Å². The highest BCUT2D eigenvalue weighted by atomic mass is 79.9. The van der Waals surface area contributed by atoms with E-state index in [4.69, 9.17) is 4.74 Å². The maximum Gasteiger partial charge on any atom is 0.404 e. The first kappa shape index (κ1) is 21.1. The number of rotatable bonds is 8. The van der Waals surface area contributed by atoms with E-state index >= 15 is 0 Å². The molecular formula is C14H12BrF2N5O6. The average molecular weight is 464 g/mol. The van der Waals surface area contributed by atoms with Gasteiger partial charge in [-0.25, -0.2) is 8.78 Å². The number of nitrogens with one attached hydrogen (secondary N) is 1. The van der Waals surface area contributed by atoms with E-state index in [0.29, 0.717) is 5.69 Å². The summed E-state index contributed by atoms with van der Waals surface area (Å²) in [5.74, 6) is -1.39. The van der Waals surface area contributed by atoms with Gasteiger partial charge in [0.25, 0.3) is 12.1 Å². The molecule has 0 radical (unpaired) electrons. The van der Waals surface area contributed by atoms with Crippen LogP contribution in [0.25, 0.3) is 0 Å². The van der Waals surface area contributed by atoms with Gasteiger partial charge in [-0.05, 0) is 27.8 Å². The second-order valence-corrected chi connectivity index (χ2v) is 6.15. The van der Waals surface area contributed by atoms with E-state index in [-0.39, 0.29) is 15.9 Å². The van der Waals surface area contributed by atoms with Gasteiger partial charge in [0.05, 0.1) is 27.5 Å². The van der Waals surface area contributed by atoms with Crippen LogP contribution in [0.2, 0.25) is 0 Å². The van der Waals surface area contributed by atoms with E-state index in [1.54, 1.807) is 0 Å². The van der Waals surface area contributed by atoms with Crippen LogP contribution in [-0.2, 0) is 11.3 Å². The van der Waals surface area contributed by atoms with Crippen molar-refractivity contribution >= 4 is 39.0 Å². The lowest BCUT2D eigenvalue weighted by Gasteiger charge is -2.09. The molecule has 1 N–H and O–H groups in total. The molecule has 0 atom stereocenters. The number of carbonyl (C=O) groups is 1. The molecule has 14 heteroatoms. The van der Waals surface area contributed by atoms with Gasteiger partial charge in [-0.1, -0.05) is 0 Å². The first-order valence-corrected chi connectivity index (χ1v) is 8.25. The number of halogens is 3. The quantitative estimate of drug-likeness (QED) is 0.467. The van der Waals surface area contributed by atoms with Gasteiger partial charge in [-0.15, -0.1) is 0 Å². The van der Waals surface area contributed by atoms with Crippen molar-refractivity contribution in [3.63, 3.8) is 0 Å². The average Bonchev–Trinajstić information content (AvgIpc) is 2.88. The van der Waals surface area contributed by atoms with Gasteiger partial charge in [0.1, 0.15) is 23.4 Å². The second-order valence-electron chi connectivity index (χ2n) is 5.36. The molecule has 0 fully saturated rings. The zero-order valence-electron chi connectivity index (χ0n) is 14.1. The molecule has 0 saturated carbocycles. The van der Waals surface area contributed by atoms with E-state index < -0.39 is 46.8 Å². The Labute approximate surface area is 163 Å². The van der Waals surface area contributed by atoms with Gasteiger partial charge >= 0.3 is 5.82 Å². The lowest BCUT2D eigenvalue weighted by Crippen LogP contribution is -2.20. The normalized spacial score (nSPS) is 10.8. The van der Waals surface area contributed by atoms with Crippen molar-refractivity contribution in [1.82, 2.24) is 9.78 Å². The molecule has 1 aromatic heterocycles. The van der Waals surface area contributed by atoms with E-state index in [1.165, 1.54) is 6.92 Å². The molecular weight excluding hydrogens is 452 g/mol. The number of nitrogens with zero attached hydrogens (tertiary/aromatic N) is 4. The third kappa shape index (κ3) is 5.18. The summed E-state index contributed by atoms with van der Waals surface area (Å²) in [6.45, 7) is 0.105. The largest absolute Gasteiger partial charge is 0.487 e. The summed E-state index contributed by atoms with van der Waals surface area (Å²) in [4.78, 5) is 32.6. The summed E-state index contributed by atoms with van der Waals surface area (Å²) in [5, 5.41) is 27.9. The number of anilines is 1. The summed E-state index contributed by atoms with van der Waals surface area (Å²) in [5.41, 5.74) is -0.223. The van der Waals surface area contributed by atoms with Crippen molar-refractivity contribution < 1.29 is 28.2 Å². The molecule has 2 aromatic rings. The smallest absolute Gasteiger partial charge is 0.404 e. The van der Waals surface area contributed by atoms with Crippen molar-refractivity contribution in [2.45, 2.75) is 19.9 Å².